The van der Waals surface area contributed by atoms with Crippen LogP contribution in [0.4, 0.5) is 16.2 Å². The SMILES string of the molecule is Cc1cc(Sc2ncccn2)ccc1NC(=O)N1CCN(c2ccccc2)CC1. The summed E-state index contributed by atoms with van der Waals surface area (Å²) in [5.74, 6) is 0. The lowest BCUT2D eigenvalue weighted by Crippen LogP contribution is -2.50. The Labute approximate surface area is 175 Å². The van der Waals surface area contributed by atoms with Crippen molar-refractivity contribution >= 4 is 29.2 Å². The summed E-state index contributed by atoms with van der Waals surface area (Å²) in [6, 6.07) is 18.1. The molecule has 0 radical (unpaired) electrons. The summed E-state index contributed by atoms with van der Waals surface area (Å²) in [6.07, 6.45) is 3.46. The molecule has 1 saturated heterocycles. The zero-order chi connectivity index (χ0) is 20.1. The highest BCUT2D eigenvalue weighted by Crippen LogP contribution is 2.28. The molecular weight excluding hydrogens is 382 g/mol. The van der Waals surface area contributed by atoms with E-state index in [1.165, 1.54) is 17.4 Å². The number of rotatable bonds is 4. The van der Waals surface area contributed by atoms with Gasteiger partial charge in [-0.15, -0.1) is 0 Å². The number of carbonyl (C=O) groups excluding carboxylic acids is 1. The summed E-state index contributed by atoms with van der Waals surface area (Å²) in [5.41, 5.74) is 3.06. The van der Waals surface area contributed by atoms with E-state index in [9.17, 15) is 4.79 Å². The van der Waals surface area contributed by atoms with Crippen LogP contribution in [-0.2, 0) is 0 Å². The number of aromatic nitrogens is 2. The molecule has 0 aliphatic carbocycles. The molecule has 2 heterocycles. The Hall–Kier alpha value is -3.06. The first-order valence-corrected chi connectivity index (χ1v) is 10.4. The monoisotopic (exact) mass is 405 g/mol. The first kappa shape index (κ1) is 19.3. The Kier molecular flexibility index (Phi) is 5.95. The first-order valence-electron chi connectivity index (χ1n) is 9.60. The minimum Gasteiger partial charge on any atom is -0.368 e. The molecular formula is C22H23N5OS. The zero-order valence-corrected chi connectivity index (χ0v) is 17.1. The van der Waals surface area contributed by atoms with Gasteiger partial charge in [0.2, 0.25) is 0 Å². The lowest BCUT2D eigenvalue weighted by molar-refractivity contribution is 0.208. The molecule has 3 aromatic rings. The number of hydrogen-bond donors (Lipinski definition) is 1. The van der Waals surface area contributed by atoms with Gasteiger partial charge in [0, 0.05) is 54.8 Å². The maximum absolute atomic E-state index is 12.7. The fourth-order valence-corrected chi connectivity index (χ4v) is 4.09. The summed E-state index contributed by atoms with van der Waals surface area (Å²) >= 11 is 1.50. The fraction of sp³-hybridized carbons (Fsp3) is 0.227. The van der Waals surface area contributed by atoms with Crippen LogP contribution in [-0.4, -0.2) is 47.1 Å². The molecule has 0 unspecified atom stereocenters. The molecule has 0 spiro atoms. The molecule has 1 aromatic heterocycles. The van der Waals surface area contributed by atoms with E-state index in [4.69, 9.17) is 0 Å². The number of benzene rings is 2. The van der Waals surface area contributed by atoms with Gasteiger partial charge in [0.25, 0.3) is 0 Å². The molecule has 2 amide bonds. The molecule has 1 aliphatic rings. The highest BCUT2D eigenvalue weighted by molar-refractivity contribution is 7.99. The van der Waals surface area contributed by atoms with Crippen LogP contribution in [0.3, 0.4) is 0 Å². The van der Waals surface area contributed by atoms with Crippen molar-refractivity contribution in [3.05, 3.63) is 72.6 Å². The molecule has 2 aromatic carbocycles. The second-order valence-corrected chi connectivity index (χ2v) is 7.89. The summed E-state index contributed by atoms with van der Waals surface area (Å²) in [4.78, 5) is 26.4. The van der Waals surface area contributed by atoms with Gasteiger partial charge < -0.3 is 15.1 Å². The number of nitrogens with one attached hydrogen (secondary N) is 1. The van der Waals surface area contributed by atoms with Crippen LogP contribution < -0.4 is 10.2 Å². The third kappa shape index (κ3) is 4.86. The van der Waals surface area contributed by atoms with Gasteiger partial charge in [0.05, 0.1) is 0 Å². The fourth-order valence-electron chi connectivity index (χ4n) is 3.28. The van der Waals surface area contributed by atoms with Crippen LogP contribution in [0, 0.1) is 6.92 Å². The summed E-state index contributed by atoms with van der Waals surface area (Å²) in [7, 11) is 0. The molecule has 148 valence electrons. The highest BCUT2D eigenvalue weighted by Gasteiger charge is 2.21. The van der Waals surface area contributed by atoms with E-state index in [0.29, 0.717) is 18.2 Å². The second kappa shape index (κ2) is 8.96. The predicted octanol–water partition coefficient (Wildman–Crippen LogP) is 4.29. The first-order chi connectivity index (χ1) is 14.2. The average Bonchev–Trinajstić information content (AvgIpc) is 2.77. The lowest BCUT2D eigenvalue weighted by Gasteiger charge is -2.36. The number of carbonyl (C=O) groups is 1. The highest BCUT2D eigenvalue weighted by atomic mass is 32.2. The van der Waals surface area contributed by atoms with Gasteiger partial charge in [-0.2, -0.15) is 0 Å². The van der Waals surface area contributed by atoms with Crippen molar-refractivity contribution in [3.8, 4) is 0 Å². The van der Waals surface area contributed by atoms with Crippen molar-refractivity contribution in [2.75, 3.05) is 36.4 Å². The maximum Gasteiger partial charge on any atom is 0.321 e. The van der Waals surface area contributed by atoms with E-state index < -0.39 is 0 Å². The summed E-state index contributed by atoms with van der Waals surface area (Å²) in [5, 5.41) is 3.76. The number of hydrogen-bond acceptors (Lipinski definition) is 5. The van der Waals surface area contributed by atoms with E-state index in [2.05, 4.69) is 32.3 Å². The molecule has 0 atom stereocenters. The van der Waals surface area contributed by atoms with Gasteiger partial charge in [-0.25, -0.2) is 14.8 Å². The van der Waals surface area contributed by atoms with Crippen LogP contribution in [0.15, 0.2) is 77.0 Å². The molecule has 1 aliphatic heterocycles. The Balaban J connectivity index is 1.34. The van der Waals surface area contributed by atoms with Crippen molar-refractivity contribution in [2.45, 2.75) is 17.0 Å². The van der Waals surface area contributed by atoms with E-state index >= 15 is 0 Å². The molecule has 0 bridgehead atoms. The van der Waals surface area contributed by atoms with Gasteiger partial charge in [-0.1, -0.05) is 18.2 Å². The molecule has 7 heteroatoms. The summed E-state index contributed by atoms with van der Waals surface area (Å²) in [6.45, 7) is 5.09. The van der Waals surface area contributed by atoms with Crippen molar-refractivity contribution in [3.63, 3.8) is 0 Å². The maximum atomic E-state index is 12.7. The molecule has 29 heavy (non-hydrogen) atoms. The number of urea groups is 1. The Morgan fingerprint density at radius 2 is 1.69 bits per heavy atom. The van der Waals surface area contributed by atoms with Crippen LogP contribution in [0.25, 0.3) is 0 Å². The van der Waals surface area contributed by atoms with Gasteiger partial charge in [-0.05, 0) is 60.6 Å². The average molecular weight is 406 g/mol. The summed E-state index contributed by atoms with van der Waals surface area (Å²) < 4.78 is 0. The minimum atomic E-state index is -0.0485. The van der Waals surface area contributed by atoms with Crippen molar-refractivity contribution < 1.29 is 4.79 Å². The van der Waals surface area contributed by atoms with Gasteiger partial charge in [0.15, 0.2) is 5.16 Å². The molecule has 1 fully saturated rings. The molecule has 6 nitrogen and oxygen atoms in total. The number of nitrogens with zero attached hydrogens (tertiary/aromatic N) is 4. The zero-order valence-electron chi connectivity index (χ0n) is 16.3. The third-order valence-corrected chi connectivity index (χ3v) is 5.76. The van der Waals surface area contributed by atoms with Crippen LogP contribution in [0.2, 0.25) is 0 Å². The Morgan fingerprint density at radius 3 is 2.38 bits per heavy atom. The van der Waals surface area contributed by atoms with Crippen LogP contribution >= 0.6 is 11.8 Å². The van der Waals surface area contributed by atoms with Gasteiger partial charge >= 0.3 is 6.03 Å². The number of aryl methyl sites for hydroxylation is 1. The minimum absolute atomic E-state index is 0.0485. The number of para-hydroxylation sites is 1. The number of anilines is 2. The van der Waals surface area contributed by atoms with Crippen molar-refractivity contribution in [1.29, 1.82) is 0 Å². The third-order valence-electron chi connectivity index (χ3n) is 4.88. The van der Waals surface area contributed by atoms with Gasteiger partial charge in [-0.3, -0.25) is 0 Å². The quantitative estimate of drug-likeness (QED) is 0.656. The van der Waals surface area contributed by atoms with E-state index in [1.807, 2.05) is 48.2 Å². The van der Waals surface area contributed by atoms with Gasteiger partial charge in [0.1, 0.15) is 0 Å². The van der Waals surface area contributed by atoms with Crippen molar-refractivity contribution in [2.24, 2.45) is 0 Å². The van der Waals surface area contributed by atoms with E-state index in [1.54, 1.807) is 18.5 Å². The van der Waals surface area contributed by atoms with Crippen molar-refractivity contribution in [1.82, 2.24) is 14.9 Å². The van der Waals surface area contributed by atoms with E-state index in [-0.39, 0.29) is 6.03 Å². The second-order valence-electron chi connectivity index (χ2n) is 6.85. The Bertz CT molecular complexity index is 959. The Morgan fingerprint density at radius 1 is 0.966 bits per heavy atom. The molecule has 1 N–H and O–H groups in total. The number of piperazine rings is 1. The normalized spacial score (nSPS) is 14.0. The molecule has 4 rings (SSSR count). The van der Waals surface area contributed by atoms with E-state index in [0.717, 1.165) is 29.2 Å². The largest absolute Gasteiger partial charge is 0.368 e. The molecule has 0 saturated carbocycles. The smallest absolute Gasteiger partial charge is 0.321 e. The lowest BCUT2D eigenvalue weighted by atomic mass is 10.2. The van der Waals surface area contributed by atoms with Crippen LogP contribution in [0.1, 0.15) is 5.56 Å². The van der Waals surface area contributed by atoms with Crippen LogP contribution in [0.5, 0.6) is 0 Å². The number of amides is 2. The topological polar surface area (TPSA) is 61.4 Å². The standard InChI is InChI=1S/C22H23N5OS/c1-17-16-19(29-21-23-10-5-11-24-21)8-9-20(17)25-22(28)27-14-12-26(13-15-27)18-6-3-2-4-7-18/h2-11,16H,12-15H2,1H3,(H,25,28). The predicted molar refractivity (Wildman–Crippen MR) is 117 cm³/mol.